The standard InChI is InChI=1S/C36H41ClN12O4S/c1-45-30-19-24(6-7-29(30)34(44-45)49-17-12-32(50)42-36(49)51)23-8-13-47(14-9-23)22-31-41-33(43-46(31)2)25-4-3-5-28(18-25)54(52,53)48-15-10-27(11-16-48)40-35-38-20-26(37)21-39-35/h3-7,18-21,23,27H,8-17,22H2,1-2H3,(H,38,39,40)(H,42,50,51). The number of urea groups is 1. The third kappa shape index (κ3) is 7.28. The summed E-state index contributed by atoms with van der Waals surface area (Å²) >= 11 is 5.89. The van der Waals surface area contributed by atoms with Crippen molar-refractivity contribution in [2.45, 2.75) is 55.5 Å². The normalized spacial score (nSPS) is 18.4. The van der Waals surface area contributed by atoms with Crippen molar-refractivity contribution >= 4 is 56.2 Å². The van der Waals surface area contributed by atoms with Gasteiger partial charge in [0.1, 0.15) is 5.82 Å². The minimum atomic E-state index is -3.72. The van der Waals surface area contributed by atoms with Gasteiger partial charge in [-0.05, 0) is 74.5 Å². The number of fused-ring (bicyclic) bond motifs is 1. The highest BCUT2D eigenvalue weighted by molar-refractivity contribution is 7.89. The summed E-state index contributed by atoms with van der Waals surface area (Å²) in [6, 6.07) is 12.8. The van der Waals surface area contributed by atoms with E-state index in [-0.39, 0.29) is 23.3 Å². The summed E-state index contributed by atoms with van der Waals surface area (Å²) in [5.41, 5.74) is 2.83. The number of benzene rings is 2. The van der Waals surface area contributed by atoms with Gasteiger partial charge in [-0.15, -0.1) is 0 Å². The first-order valence-corrected chi connectivity index (χ1v) is 19.9. The van der Waals surface area contributed by atoms with Crippen LogP contribution in [0.1, 0.15) is 49.4 Å². The molecule has 3 fully saturated rings. The Morgan fingerprint density at radius 3 is 2.41 bits per heavy atom. The highest BCUT2D eigenvalue weighted by Crippen LogP contribution is 2.34. The first-order chi connectivity index (χ1) is 26.0. The van der Waals surface area contributed by atoms with E-state index in [0.717, 1.165) is 42.7 Å². The lowest BCUT2D eigenvalue weighted by molar-refractivity contribution is -0.120. The van der Waals surface area contributed by atoms with E-state index < -0.39 is 16.1 Å². The second-order valence-corrected chi connectivity index (χ2v) is 16.5. The summed E-state index contributed by atoms with van der Waals surface area (Å²) in [6.45, 7) is 3.46. The lowest BCUT2D eigenvalue weighted by Gasteiger charge is -2.31. The maximum atomic E-state index is 13.7. The van der Waals surface area contributed by atoms with Crippen molar-refractivity contribution in [1.29, 1.82) is 0 Å². The minimum absolute atomic E-state index is 0.0579. The first kappa shape index (κ1) is 36.0. The van der Waals surface area contributed by atoms with Crippen LogP contribution in [0.25, 0.3) is 22.3 Å². The molecule has 54 heavy (non-hydrogen) atoms. The van der Waals surface area contributed by atoms with E-state index in [1.54, 1.807) is 27.6 Å². The average Bonchev–Trinajstić information content (AvgIpc) is 3.71. The van der Waals surface area contributed by atoms with Gasteiger partial charge in [-0.3, -0.25) is 29.3 Å². The Bertz CT molecular complexity index is 2310. The molecule has 3 aliphatic rings. The lowest BCUT2D eigenvalue weighted by atomic mass is 9.89. The largest absolute Gasteiger partial charge is 0.351 e. The number of hydrogen-bond acceptors (Lipinski definition) is 11. The van der Waals surface area contributed by atoms with Crippen LogP contribution in [0.5, 0.6) is 0 Å². The topological polar surface area (TPSA) is 176 Å². The number of nitrogens with zero attached hydrogens (tertiary/aromatic N) is 10. The van der Waals surface area contributed by atoms with Crippen LogP contribution in [0.4, 0.5) is 16.6 Å². The molecule has 3 amide bonds. The molecule has 0 saturated carbocycles. The monoisotopic (exact) mass is 772 g/mol. The molecule has 18 heteroatoms. The van der Waals surface area contributed by atoms with Crippen molar-refractivity contribution in [3.05, 3.63) is 71.3 Å². The molecule has 5 aromatic rings. The second kappa shape index (κ2) is 14.7. The fourth-order valence-electron chi connectivity index (χ4n) is 7.53. The summed E-state index contributed by atoms with van der Waals surface area (Å²) < 4.78 is 32.5. The molecule has 16 nitrogen and oxygen atoms in total. The van der Waals surface area contributed by atoms with Crippen molar-refractivity contribution in [2.24, 2.45) is 14.1 Å². The number of aromatic nitrogens is 7. The summed E-state index contributed by atoms with van der Waals surface area (Å²) in [6.07, 6.45) is 6.50. The van der Waals surface area contributed by atoms with Gasteiger partial charge in [-0.2, -0.15) is 14.5 Å². The first-order valence-electron chi connectivity index (χ1n) is 18.1. The Labute approximate surface area is 317 Å². The molecule has 0 radical (unpaired) electrons. The van der Waals surface area contributed by atoms with Crippen molar-refractivity contribution in [3.63, 3.8) is 0 Å². The van der Waals surface area contributed by atoms with Gasteiger partial charge in [-0.25, -0.2) is 28.2 Å². The van der Waals surface area contributed by atoms with Gasteiger partial charge in [0, 0.05) is 57.1 Å². The van der Waals surface area contributed by atoms with E-state index in [0.29, 0.717) is 73.1 Å². The molecule has 2 N–H and O–H groups in total. The Morgan fingerprint density at radius 2 is 1.67 bits per heavy atom. The van der Waals surface area contributed by atoms with Crippen molar-refractivity contribution in [3.8, 4) is 11.4 Å². The molecule has 6 heterocycles. The van der Waals surface area contributed by atoms with Crippen molar-refractivity contribution in [1.82, 2.24) is 49.0 Å². The van der Waals surface area contributed by atoms with Gasteiger partial charge in [-0.1, -0.05) is 29.8 Å². The van der Waals surface area contributed by atoms with Crippen LogP contribution < -0.4 is 15.5 Å². The summed E-state index contributed by atoms with van der Waals surface area (Å²) in [5, 5.41) is 16.3. The number of nitrogens with one attached hydrogen (secondary N) is 2. The fraction of sp³-hybridized carbons (Fsp3) is 0.417. The van der Waals surface area contributed by atoms with E-state index >= 15 is 0 Å². The van der Waals surface area contributed by atoms with Crippen LogP contribution in [0.2, 0.25) is 5.02 Å². The summed E-state index contributed by atoms with van der Waals surface area (Å²) in [5.74, 6) is 2.44. The van der Waals surface area contributed by atoms with Gasteiger partial charge in [0.05, 0.1) is 34.4 Å². The van der Waals surface area contributed by atoms with Gasteiger partial charge in [0.25, 0.3) is 0 Å². The van der Waals surface area contributed by atoms with E-state index in [9.17, 15) is 18.0 Å². The van der Waals surface area contributed by atoms with E-state index in [1.807, 2.05) is 26.2 Å². The number of likely N-dealkylation sites (tertiary alicyclic amines) is 1. The highest BCUT2D eigenvalue weighted by Gasteiger charge is 2.31. The number of hydrogen-bond donors (Lipinski definition) is 2. The van der Waals surface area contributed by atoms with Crippen molar-refractivity contribution < 1.29 is 18.0 Å². The number of halogens is 1. The maximum absolute atomic E-state index is 13.7. The quantitative estimate of drug-likeness (QED) is 0.222. The predicted octanol–water partition coefficient (Wildman–Crippen LogP) is 3.90. The third-order valence-corrected chi connectivity index (χ3v) is 12.7. The van der Waals surface area contributed by atoms with E-state index in [1.165, 1.54) is 27.2 Å². The summed E-state index contributed by atoms with van der Waals surface area (Å²) in [4.78, 5) is 41.5. The number of carbonyl (C=O) groups excluding carboxylic acids is 2. The Balaban J connectivity index is 0.882. The number of imide groups is 1. The smallest absolute Gasteiger partial charge is 0.329 e. The molecule has 0 aliphatic carbocycles. The number of carbonyl (C=O) groups is 2. The SMILES string of the molecule is Cn1nc(-c2cccc(S(=O)(=O)N3CCC(Nc4ncc(Cl)cn4)CC3)c2)nc1CN1CCC(c2ccc3c(N4CCC(=O)NC4=O)nn(C)c3c2)CC1. The number of anilines is 2. The third-order valence-electron chi connectivity index (χ3n) is 10.6. The summed E-state index contributed by atoms with van der Waals surface area (Å²) in [7, 11) is 0.0243. The zero-order valence-corrected chi connectivity index (χ0v) is 31.6. The molecule has 0 spiro atoms. The maximum Gasteiger partial charge on any atom is 0.329 e. The predicted molar refractivity (Wildman–Crippen MR) is 202 cm³/mol. The molecule has 3 saturated heterocycles. The molecule has 0 unspecified atom stereocenters. The Morgan fingerprint density at radius 1 is 0.907 bits per heavy atom. The zero-order valence-electron chi connectivity index (χ0n) is 30.0. The fourth-order valence-corrected chi connectivity index (χ4v) is 9.14. The molecule has 3 aliphatic heterocycles. The molecule has 2 aromatic carbocycles. The highest BCUT2D eigenvalue weighted by atomic mass is 35.5. The molecule has 3 aromatic heterocycles. The van der Waals surface area contributed by atoms with Crippen molar-refractivity contribution in [2.75, 3.05) is 42.9 Å². The molecular formula is C36H41ClN12O4S. The van der Waals surface area contributed by atoms with Gasteiger partial charge in [0.15, 0.2) is 11.6 Å². The number of aryl methyl sites for hydroxylation is 2. The van der Waals surface area contributed by atoms with Crippen LogP contribution in [-0.4, -0.2) is 103 Å². The minimum Gasteiger partial charge on any atom is -0.351 e. The second-order valence-electron chi connectivity index (χ2n) is 14.1. The molecule has 0 bridgehead atoms. The number of amides is 3. The van der Waals surface area contributed by atoms with Crippen LogP contribution in [0.15, 0.2) is 59.8 Å². The van der Waals surface area contributed by atoms with Crippen LogP contribution in [0.3, 0.4) is 0 Å². The molecule has 8 rings (SSSR count). The number of sulfonamides is 1. The lowest BCUT2D eigenvalue weighted by Crippen LogP contribution is -2.49. The van der Waals surface area contributed by atoms with Gasteiger partial charge >= 0.3 is 6.03 Å². The molecular weight excluding hydrogens is 732 g/mol. The van der Waals surface area contributed by atoms with E-state index in [2.05, 4.69) is 47.8 Å². The van der Waals surface area contributed by atoms with Gasteiger partial charge in [0.2, 0.25) is 21.9 Å². The van der Waals surface area contributed by atoms with E-state index in [4.69, 9.17) is 16.6 Å². The number of piperidine rings is 2. The number of rotatable bonds is 9. The molecule has 282 valence electrons. The van der Waals surface area contributed by atoms with Crippen LogP contribution in [0, 0.1) is 0 Å². The van der Waals surface area contributed by atoms with Crippen LogP contribution in [-0.2, 0) is 35.5 Å². The Hall–Kier alpha value is -4.97. The Kier molecular flexibility index (Phi) is 9.80. The molecule has 0 atom stereocenters. The zero-order chi connectivity index (χ0) is 37.6. The average molecular weight is 773 g/mol. The van der Waals surface area contributed by atoms with Crippen LogP contribution >= 0.6 is 11.6 Å². The van der Waals surface area contributed by atoms with Gasteiger partial charge < -0.3 is 5.32 Å².